The van der Waals surface area contributed by atoms with Gasteiger partial charge in [0.25, 0.3) is 11.8 Å². The number of carbonyl (C=O) groups excluding carboxylic acids is 3. The van der Waals surface area contributed by atoms with E-state index in [0.717, 1.165) is 0 Å². The molecule has 0 spiro atoms. The average Bonchev–Trinajstić information content (AvgIpc) is 3.30. The number of aryl methyl sites for hydroxylation is 1. The molecule has 4 rings (SSSR count). The summed E-state index contributed by atoms with van der Waals surface area (Å²) in [5, 5.41) is 11.8. The van der Waals surface area contributed by atoms with E-state index >= 15 is 0 Å². The fourth-order valence-corrected chi connectivity index (χ4v) is 2.61. The maximum absolute atomic E-state index is 12.4. The summed E-state index contributed by atoms with van der Waals surface area (Å²) in [6.45, 7) is 3.37. The van der Waals surface area contributed by atoms with E-state index in [1.807, 2.05) is 0 Å². The van der Waals surface area contributed by atoms with Crippen molar-refractivity contribution in [3.05, 3.63) is 58.5 Å². The van der Waals surface area contributed by atoms with Crippen LogP contribution in [0, 0.1) is 13.8 Å². The third-order valence-electron chi connectivity index (χ3n) is 3.97. The second-order valence-electron chi connectivity index (χ2n) is 5.74. The number of benzene rings is 1. The molecule has 0 unspecified atom stereocenters. The fraction of sp³-hybridized carbons (Fsp3) is 0.188. The average molecular weight is 368 g/mol. The van der Waals surface area contributed by atoms with Gasteiger partial charge in [-0.1, -0.05) is 27.6 Å². The third-order valence-corrected chi connectivity index (χ3v) is 3.97. The predicted octanol–water partition coefficient (Wildman–Crippen LogP) is 0.694. The van der Waals surface area contributed by atoms with E-state index in [4.69, 9.17) is 9.36 Å². The van der Waals surface area contributed by atoms with Gasteiger partial charge in [-0.15, -0.1) is 5.10 Å². The minimum atomic E-state index is -0.974. The van der Waals surface area contributed by atoms with Crippen LogP contribution < -0.4 is 0 Å². The second-order valence-corrected chi connectivity index (χ2v) is 5.74. The number of amides is 2. The molecule has 1 aliphatic rings. The largest absolute Gasteiger partial charge is 0.385 e. The summed E-state index contributed by atoms with van der Waals surface area (Å²) in [6.07, 6.45) is 0. The van der Waals surface area contributed by atoms with Crippen molar-refractivity contribution in [1.82, 2.24) is 30.2 Å². The Balaban J connectivity index is 1.53. The first kappa shape index (κ1) is 16.6. The maximum Gasteiger partial charge on any atom is 0.385 e. The molecule has 0 N–H and O–H groups in total. The summed E-state index contributed by atoms with van der Waals surface area (Å²) >= 11 is 0. The number of fused-ring (bicyclic) bond motifs is 1. The number of aromatic nitrogens is 5. The van der Waals surface area contributed by atoms with E-state index in [9.17, 15) is 14.4 Å². The molecule has 0 atom stereocenters. The SMILES string of the molecule is Cc1nc(Cn2nnc(C(=O)ON3C(=O)c4ccccc4C3=O)c2C)no1. The Morgan fingerprint density at radius 1 is 1.15 bits per heavy atom. The zero-order chi connectivity index (χ0) is 19.1. The zero-order valence-corrected chi connectivity index (χ0v) is 14.2. The fourth-order valence-electron chi connectivity index (χ4n) is 2.61. The molecule has 0 aliphatic carbocycles. The molecular weight excluding hydrogens is 356 g/mol. The zero-order valence-electron chi connectivity index (χ0n) is 14.2. The molecule has 1 aromatic carbocycles. The number of rotatable bonds is 4. The van der Waals surface area contributed by atoms with Crippen LogP contribution in [0.4, 0.5) is 0 Å². The molecule has 11 nitrogen and oxygen atoms in total. The highest BCUT2D eigenvalue weighted by molar-refractivity contribution is 6.21. The summed E-state index contributed by atoms with van der Waals surface area (Å²) < 4.78 is 6.26. The van der Waals surface area contributed by atoms with Gasteiger partial charge in [0, 0.05) is 6.92 Å². The highest BCUT2D eigenvalue weighted by Crippen LogP contribution is 2.23. The number of hydrogen-bond acceptors (Lipinski definition) is 9. The lowest BCUT2D eigenvalue weighted by Gasteiger charge is -2.11. The molecule has 27 heavy (non-hydrogen) atoms. The quantitative estimate of drug-likeness (QED) is 0.610. The van der Waals surface area contributed by atoms with Crippen LogP contribution in [0.5, 0.6) is 0 Å². The summed E-state index contributed by atoms with van der Waals surface area (Å²) in [4.78, 5) is 46.0. The summed E-state index contributed by atoms with van der Waals surface area (Å²) in [5.74, 6) is -1.64. The van der Waals surface area contributed by atoms with Crippen LogP contribution in [-0.2, 0) is 11.4 Å². The van der Waals surface area contributed by atoms with Gasteiger partial charge in [0.1, 0.15) is 6.54 Å². The monoisotopic (exact) mass is 368 g/mol. The molecule has 2 aromatic heterocycles. The van der Waals surface area contributed by atoms with Crippen molar-refractivity contribution in [3.63, 3.8) is 0 Å². The minimum Gasteiger partial charge on any atom is -0.340 e. The molecule has 0 saturated carbocycles. The Hall–Kier alpha value is -3.89. The first-order valence-corrected chi connectivity index (χ1v) is 7.85. The van der Waals surface area contributed by atoms with Crippen molar-refractivity contribution in [2.45, 2.75) is 20.4 Å². The topological polar surface area (TPSA) is 133 Å². The van der Waals surface area contributed by atoms with Crippen molar-refractivity contribution >= 4 is 17.8 Å². The van der Waals surface area contributed by atoms with Gasteiger partial charge in [-0.3, -0.25) is 9.59 Å². The summed E-state index contributed by atoms with van der Waals surface area (Å²) in [5.41, 5.74) is 0.567. The van der Waals surface area contributed by atoms with Crippen LogP contribution in [0.3, 0.4) is 0 Å². The van der Waals surface area contributed by atoms with Gasteiger partial charge in [-0.05, 0) is 19.1 Å². The first-order valence-electron chi connectivity index (χ1n) is 7.85. The number of hydrogen-bond donors (Lipinski definition) is 0. The normalized spacial score (nSPS) is 13.2. The molecule has 0 bridgehead atoms. The molecule has 11 heteroatoms. The lowest BCUT2D eigenvalue weighted by atomic mass is 10.1. The molecule has 3 heterocycles. The Kier molecular flexibility index (Phi) is 3.76. The number of hydroxylamine groups is 2. The smallest absolute Gasteiger partial charge is 0.340 e. The van der Waals surface area contributed by atoms with Crippen molar-refractivity contribution in [3.8, 4) is 0 Å². The van der Waals surface area contributed by atoms with Crippen LogP contribution in [0.15, 0.2) is 28.8 Å². The van der Waals surface area contributed by atoms with Crippen LogP contribution in [-0.4, -0.2) is 48.0 Å². The molecule has 1 aliphatic heterocycles. The van der Waals surface area contributed by atoms with Crippen LogP contribution in [0.25, 0.3) is 0 Å². The standard InChI is InChI=1S/C16H12N6O5/c1-8-13(18-20-21(8)7-12-17-9(2)26-19-12)16(25)27-22-14(23)10-5-3-4-6-11(10)15(22)24/h3-6H,7H2,1-2H3. The van der Waals surface area contributed by atoms with E-state index in [-0.39, 0.29) is 23.4 Å². The number of carbonyl (C=O) groups is 3. The van der Waals surface area contributed by atoms with Gasteiger partial charge in [0.05, 0.1) is 16.8 Å². The van der Waals surface area contributed by atoms with E-state index < -0.39 is 17.8 Å². The molecule has 0 fully saturated rings. The van der Waals surface area contributed by atoms with Crippen molar-refractivity contribution in [1.29, 1.82) is 0 Å². The van der Waals surface area contributed by atoms with E-state index in [0.29, 0.717) is 22.5 Å². The molecule has 0 saturated heterocycles. The van der Waals surface area contributed by atoms with Gasteiger partial charge in [-0.2, -0.15) is 4.98 Å². The minimum absolute atomic E-state index is 0.133. The van der Waals surface area contributed by atoms with Crippen molar-refractivity contribution < 1.29 is 23.7 Å². The van der Waals surface area contributed by atoms with Crippen LogP contribution in [0.2, 0.25) is 0 Å². The Morgan fingerprint density at radius 2 is 1.81 bits per heavy atom. The van der Waals surface area contributed by atoms with Gasteiger partial charge in [-0.25, -0.2) is 9.48 Å². The molecule has 3 aromatic rings. The predicted molar refractivity (Wildman–Crippen MR) is 85.3 cm³/mol. The Morgan fingerprint density at radius 3 is 2.41 bits per heavy atom. The van der Waals surface area contributed by atoms with E-state index in [1.54, 1.807) is 26.0 Å². The molecule has 2 amide bonds. The maximum atomic E-state index is 12.4. The van der Waals surface area contributed by atoms with Gasteiger partial charge in [0.2, 0.25) is 5.89 Å². The van der Waals surface area contributed by atoms with Crippen LogP contribution in [0.1, 0.15) is 48.6 Å². The Labute approximate surface area is 151 Å². The van der Waals surface area contributed by atoms with Gasteiger partial charge >= 0.3 is 5.97 Å². The van der Waals surface area contributed by atoms with Gasteiger partial charge in [0.15, 0.2) is 11.5 Å². The lowest BCUT2D eigenvalue weighted by Crippen LogP contribution is -2.33. The number of nitrogens with zero attached hydrogens (tertiary/aromatic N) is 6. The van der Waals surface area contributed by atoms with Gasteiger partial charge < -0.3 is 9.36 Å². The summed E-state index contributed by atoms with van der Waals surface area (Å²) in [7, 11) is 0. The second kappa shape index (κ2) is 6.12. The van der Waals surface area contributed by atoms with E-state index in [2.05, 4.69) is 20.5 Å². The summed E-state index contributed by atoms with van der Waals surface area (Å²) in [6, 6.07) is 6.20. The number of imide groups is 1. The molecular formula is C16H12N6O5. The van der Waals surface area contributed by atoms with E-state index in [1.165, 1.54) is 16.8 Å². The highest BCUT2D eigenvalue weighted by atomic mass is 16.7. The lowest BCUT2D eigenvalue weighted by molar-refractivity contribution is -0.0589. The van der Waals surface area contributed by atoms with Crippen molar-refractivity contribution in [2.24, 2.45) is 0 Å². The van der Waals surface area contributed by atoms with Crippen LogP contribution >= 0.6 is 0 Å². The Bertz CT molecular complexity index is 1050. The molecule has 0 radical (unpaired) electrons. The highest BCUT2D eigenvalue weighted by Gasteiger charge is 2.39. The third kappa shape index (κ3) is 2.74. The first-order chi connectivity index (χ1) is 13.0. The molecule has 136 valence electrons. The van der Waals surface area contributed by atoms with Crippen molar-refractivity contribution in [2.75, 3.05) is 0 Å².